The number of H-pyrrole nitrogens is 1. The lowest BCUT2D eigenvalue weighted by molar-refractivity contribution is 0.0842. The maximum atomic E-state index is 13.2. The molecule has 1 saturated carbocycles. The SMILES string of the molecule is Cc1cc2cc(CN(C3CCCC3)[C@@H](c3nnnn3Cc3ccco3)C(C)C)c(=O)[nH]c2cc1C. The van der Waals surface area contributed by atoms with E-state index in [9.17, 15) is 4.79 Å². The van der Waals surface area contributed by atoms with Crippen molar-refractivity contribution in [1.82, 2.24) is 30.1 Å². The Bertz CT molecular complexity index is 1350. The molecular weight excluding hydrogens is 440 g/mol. The smallest absolute Gasteiger partial charge is 0.252 e. The fraction of sp³-hybridized carbons (Fsp3) is 0.481. The standard InChI is InChI=1S/C27H34N6O2/c1-17(2)25(26-29-30-31-33(26)16-23-10-7-11-35-23)32(22-8-5-6-9-22)15-21-14-20-12-18(3)19(4)13-24(20)28-27(21)34/h7,10-14,17,22,25H,5-6,8-9,15-16H2,1-4H3,(H,28,34)/t25-/m1/s1. The quantitative estimate of drug-likeness (QED) is 0.390. The molecule has 1 aromatic carbocycles. The molecule has 0 radical (unpaired) electrons. The molecule has 0 spiro atoms. The van der Waals surface area contributed by atoms with Gasteiger partial charge in [-0.05, 0) is 89.9 Å². The molecule has 0 aliphatic heterocycles. The van der Waals surface area contributed by atoms with Crippen LogP contribution in [0.25, 0.3) is 10.9 Å². The van der Waals surface area contributed by atoms with Crippen molar-refractivity contribution in [3.05, 3.63) is 75.2 Å². The monoisotopic (exact) mass is 474 g/mol. The number of tetrazole rings is 1. The summed E-state index contributed by atoms with van der Waals surface area (Å²) in [5, 5.41) is 13.9. The molecule has 0 saturated heterocycles. The number of hydrogen-bond acceptors (Lipinski definition) is 6. The van der Waals surface area contributed by atoms with Crippen LogP contribution in [0.15, 0.2) is 45.8 Å². The number of aromatic nitrogens is 5. The Morgan fingerprint density at radius 2 is 1.94 bits per heavy atom. The number of benzene rings is 1. The third-order valence-corrected chi connectivity index (χ3v) is 7.38. The number of hydrogen-bond donors (Lipinski definition) is 1. The molecule has 1 aliphatic rings. The van der Waals surface area contributed by atoms with Gasteiger partial charge < -0.3 is 9.40 Å². The molecule has 0 bridgehead atoms. The van der Waals surface area contributed by atoms with E-state index in [0.29, 0.717) is 19.1 Å². The molecule has 4 aromatic rings. The van der Waals surface area contributed by atoms with Gasteiger partial charge in [-0.1, -0.05) is 26.7 Å². The highest BCUT2D eigenvalue weighted by molar-refractivity contribution is 5.80. The van der Waals surface area contributed by atoms with Crippen LogP contribution in [0.4, 0.5) is 0 Å². The highest BCUT2D eigenvalue weighted by Gasteiger charge is 2.35. The predicted molar refractivity (Wildman–Crippen MR) is 135 cm³/mol. The average Bonchev–Trinajstić information content (AvgIpc) is 3.59. The van der Waals surface area contributed by atoms with Crippen molar-refractivity contribution in [3.8, 4) is 0 Å². The Balaban J connectivity index is 1.54. The predicted octanol–water partition coefficient (Wildman–Crippen LogP) is 4.91. The molecule has 3 aromatic heterocycles. The number of aryl methyl sites for hydroxylation is 2. The summed E-state index contributed by atoms with van der Waals surface area (Å²) in [6, 6.07) is 10.4. The van der Waals surface area contributed by atoms with Crippen LogP contribution in [0.1, 0.15) is 73.8 Å². The van der Waals surface area contributed by atoms with E-state index in [-0.39, 0.29) is 17.5 Å². The Labute approximate surface area is 205 Å². The van der Waals surface area contributed by atoms with Crippen LogP contribution in [0.3, 0.4) is 0 Å². The minimum Gasteiger partial charge on any atom is -0.467 e. The fourth-order valence-electron chi connectivity index (χ4n) is 5.44. The maximum absolute atomic E-state index is 13.2. The van der Waals surface area contributed by atoms with Crippen LogP contribution in [-0.4, -0.2) is 36.1 Å². The molecule has 8 nitrogen and oxygen atoms in total. The van der Waals surface area contributed by atoms with Crippen LogP contribution in [0, 0.1) is 19.8 Å². The summed E-state index contributed by atoms with van der Waals surface area (Å²) in [5.74, 6) is 1.87. The van der Waals surface area contributed by atoms with Crippen molar-refractivity contribution < 1.29 is 4.42 Å². The van der Waals surface area contributed by atoms with Crippen molar-refractivity contribution in [2.75, 3.05) is 0 Å². The van der Waals surface area contributed by atoms with Crippen molar-refractivity contribution in [3.63, 3.8) is 0 Å². The molecule has 35 heavy (non-hydrogen) atoms. The van der Waals surface area contributed by atoms with Gasteiger partial charge in [0.05, 0.1) is 12.3 Å². The fourth-order valence-corrected chi connectivity index (χ4v) is 5.44. The van der Waals surface area contributed by atoms with E-state index in [2.05, 4.69) is 71.3 Å². The number of fused-ring (bicyclic) bond motifs is 1. The zero-order chi connectivity index (χ0) is 24.5. The van der Waals surface area contributed by atoms with Crippen LogP contribution in [0.2, 0.25) is 0 Å². The highest BCUT2D eigenvalue weighted by Crippen LogP contribution is 2.36. The lowest BCUT2D eigenvalue weighted by Gasteiger charge is -2.37. The lowest BCUT2D eigenvalue weighted by Crippen LogP contribution is -2.41. The zero-order valence-corrected chi connectivity index (χ0v) is 21.0. The normalized spacial score (nSPS) is 15.6. The summed E-state index contributed by atoms with van der Waals surface area (Å²) >= 11 is 0. The Morgan fingerprint density at radius 3 is 2.66 bits per heavy atom. The van der Waals surface area contributed by atoms with Gasteiger partial charge in [-0.25, -0.2) is 4.68 Å². The summed E-state index contributed by atoms with van der Waals surface area (Å²) in [7, 11) is 0. The summed E-state index contributed by atoms with van der Waals surface area (Å²) in [6.45, 7) is 9.62. The number of furan rings is 1. The third-order valence-electron chi connectivity index (χ3n) is 7.38. The van der Waals surface area contributed by atoms with Gasteiger partial charge in [0, 0.05) is 23.7 Å². The molecule has 1 atom stereocenters. The van der Waals surface area contributed by atoms with E-state index >= 15 is 0 Å². The van der Waals surface area contributed by atoms with Crippen LogP contribution >= 0.6 is 0 Å². The van der Waals surface area contributed by atoms with Gasteiger partial charge in [0.2, 0.25) is 0 Å². The maximum Gasteiger partial charge on any atom is 0.252 e. The number of rotatable bonds is 8. The van der Waals surface area contributed by atoms with Gasteiger partial charge in [0.25, 0.3) is 5.56 Å². The van der Waals surface area contributed by atoms with Gasteiger partial charge in [-0.2, -0.15) is 0 Å². The Morgan fingerprint density at radius 1 is 1.17 bits per heavy atom. The molecule has 5 rings (SSSR count). The van der Waals surface area contributed by atoms with E-state index in [4.69, 9.17) is 4.42 Å². The topological polar surface area (TPSA) is 92.8 Å². The van der Waals surface area contributed by atoms with E-state index in [1.54, 1.807) is 6.26 Å². The lowest BCUT2D eigenvalue weighted by atomic mass is 9.97. The van der Waals surface area contributed by atoms with Gasteiger partial charge >= 0.3 is 0 Å². The minimum absolute atomic E-state index is 0.0265. The first-order chi connectivity index (χ1) is 16.9. The molecule has 1 fully saturated rings. The number of pyridine rings is 1. The van der Waals surface area contributed by atoms with E-state index in [1.807, 2.05) is 16.8 Å². The van der Waals surface area contributed by atoms with Gasteiger partial charge in [0.1, 0.15) is 12.3 Å². The summed E-state index contributed by atoms with van der Waals surface area (Å²) in [5.41, 5.74) is 4.04. The summed E-state index contributed by atoms with van der Waals surface area (Å²) in [4.78, 5) is 18.8. The largest absolute Gasteiger partial charge is 0.467 e. The van der Waals surface area contributed by atoms with E-state index < -0.39 is 0 Å². The first-order valence-electron chi connectivity index (χ1n) is 12.6. The second-order valence-corrected chi connectivity index (χ2v) is 10.2. The van der Waals surface area contributed by atoms with E-state index in [1.165, 1.54) is 24.0 Å². The first kappa shape index (κ1) is 23.5. The van der Waals surface area contributed by atoms with E-state index in [0.717, 1.165) is 40.9 Å². The van der Waals surface area contributed by atoms with Gasteiger partial charge in [-0.3, -0.25) is 9.69 Å². The van der Waals surface area contributed by atoms with Crippen molar-refractivity contribution >= 4 is 10.9 Å². The second-order valence-electron chi connectivity index (χ2n) is 10.2. The zero-order valence-electron chi connectivity index (χ0n) is 21.0. The Hall–Kier alpha value is -3.26. The molecule has 184 valence electrons. The highest BCUT2D eigenvalue weighted by atomic mass is 16.3. The van der Waals surface area contributed by atoms with Crippen molar-refractivity contribution in [2.45, 2.75) is 78.6 Å². The second kappa shape index (κ2) is 9.77. The van der Waals surface area contributed by atoms with Gasteiger partial charge in [-0.15, -0.1) is 5.10 Å². The average molecular weight is 475 g/mol. The molecule has 0 amide bonds. The first-order valence-corrected chi connectivity index (χ1v) is 12.6. The van der Waals surface area contributed by atoms with Crippen LogP contribution in [0.5, 0.6) is 0 Å². The molecule has 1 N–H and O–H groups in total. The number of nitrogens with zero attached hydrogens (tertiary/aromatic N) is 5. The minimum atomic E-state index is -0.0297. The molecule has 3 heterocycles. The van der Waals surface area contributed by atoms with Crippen molar-refractivity contribution in [2.24, 2.45) is 5.92 Å². The van der Waals surface area contributed by atoms with Crippen LogP contribution < -0.4 is 5.56 Å². The Kier molecular flexibility index (Phi) is 6.56. The van der Waals surface area contributed by atoms with Crippen molar-refractivity contribution in [1.29, 1.82) is 0 Å². The molecule has 8 heteroatoms. The number of aromatic amines is 1. The summed E-state index contributed by atoms with van der Waals surface area (Å²) in [6.07, 6.45) is 6.31. The molecule has 0 unspecified atom stereocenters. The third kappa shape index (κ3) is 4.80. The molecular formula is C27H34N6O2. The summed E-state index contributed by atoms with van der Waals surface area (Å²) < 4.78 is 7.39. The molecule has 1 aliphatic carbocycles. The van der Waals surface area contributed by atoms with Gasteiger partial charge in [0.15, 0.2) is 5.82 Å². The number of nitrogens with one attached hydrogen (secondary N) is 1. The van der Waals surface area contributed by atoms with Crippen LogP contribution in [-0.2, 0) is 13.1 Å².